The third kappa shape index (κ3) is 4.83. The summed E-state index contributed by atoms with van der Waals surface area (Å²) in [6.07, 6.45) is 3.78. The maximum absolute atomic E-state index is 12.6. The summed E-state index contributed by atoms with van der Waals surface area (Å²) in [5, 5.41) is 12.2. The number of carbonyl (C=O) groups excluding carboxylic acids is 1. The lowest BCUT2D eigenvalue weighted by Crippen LogP contribution is -2.40. The molecule has 2 N–H and O–H groups in total. The molecule has 0 bridgehead atoms. The van der Waals surface area contributed by atoms with E-state index in [4.69, 9.17) is 5.11 Å². The Morgan fingerprint density at radius 2 is 1.75 bits per heavy atom. The molecule has 1 aromatic rings. The van der Waals surface area contributed by atoms with Crippen molar-refractivity contribution in [3.05, 3.63) is 35.4 Å². The molecule has 132 valence electrons. The van der Waals surface area contributed by atoms with Crippen LogP contribution < -0.4 is 5.32 Å². The summed E-state index contributed by atoms with van der Waals surface area (Å²) < 4.78 is 0. The van der Waals surface area contributed by atoms with Gasteiger partial charge in [0.25, 0.3) is 0 Å². The first-order valence-electron chi connectivity index (χ1n) is 8.99. The van der Waals surface area contributed by atoms with Crippen LogP contribution in [0, 0.1) is 11.8 Å². The molecule has 4 heteroatoms. The minimum atomic E-state index is -0.712. The lowest BCUT2D eigenvalue weighted by Gasteiger charge is -2.28. The number of hydrogen-bond donors (Lipinski definition) is 2. The van der Waals surface area contributed by atoms with Gasteiger partial charge in [-0.05, 0) is 56.1 Å². The molecule has 2 rings (SSSR count). The van der Waals surface area contributed by atoms with Crippen LogP contribution >= 0.6 is 0 Å². The maximum atomic E-state index is 12.6. The summed E-state index contributed by atoms with van der Waals surface area (Å²) in [4.78, 5) is 23.7. The van der Waals surface area contributed by atoms with Gasteiger partial charge in [-0.3, -0.25) is 9.59 Å². The molecule has 24 heavy (non-hydrogen) atoms. The highest BCUT2D eigenvalue weighted by atomic mass is 16.4. The first-order chi connectivity index (χ1) is 11.4. The Bertz CT molecular complexity index is 574. The van der Waals surface area contributed by atoms with Gasteiger partial charge >= 0.3 is 5.97 Å². The van der Waals surface area contributed by atoms with Crippen LogP contribution in [-0.4, -0.2) is 23.0 Å². The van der Waals surface area contributed by atoms with Crippen molar-refractivity contribution in [2.45, 2.75) is 64.8 Å². The van der Waals surface area contributed by atoms with Crippen LogP contribution in [0.2, 0.25) is 0 Å². The molecule has 0 heterocycles. The van der Waals surface area contributed by atoms with Crippen molar-refractivity contribution in [3.8, 4) is 0 Å². The van der Waals surface area contributed by atoms with Crippen LogP contribution in [0.4, 0.5) is 0 Å². The van der Waals surface area contributed by atoms with Gasteiger partial charge in [-0.1, -0.05) is 38.1 Å². The maximum Gasteiger partial charge on any atom is 0.306 e. The molecule has 0 saturated heterocycles. The van der Waals surface area contributed by atoms with Gasteiger partial charge in [0.2, 0.25) is 5.91 Å². The number of carboxylic acid groups (broad SMARTS) is 1. The van der Waals surface area contributed by atoms with E-state index in [2.05, 4.69) is 25.2 Å². The number of hydrogen-bond acceptors (Lipinski definition) is 2. The SMILES string of the molecule is CC(C)Cc1ccccc1[C@@H](C)C(=O)N[C@H]1CC[C@@H](C(=O)O)CC1. The Hall–Kier alpha value is -1.84. The molecule has 1 aliphatic carbocycles. The minimum absolute atomic E-state index is 0.0463. The summed E-state index contributed by atoms with van der Waals surface area (Å²) in [5.74, 6) is -0.548. The number of amides is 1. The number of carbonyl (C=O) groups is 2. The molecule has 1 amide bonds. The van der Waals surface area contributed by atoms with E-state index in [-0.39, 0.29) is 23.8 Å². The standard InChI is InChI=1S/C20H29NO3/c1-13(2)12-16-6-4-5-7-18(16)14(3)19(22)21-17-10-8-15(9-11-17)20(23)24/h4-7,13-15,17H,8-12H2,1-3H3,(H,21,22)(H,23,24)/t14-,15-,17+/m1/s1. The molecule has 1 aromatic carbocycles. The Balaban J connectivity index is 1.97. The van der Waals surface area contributed by atoms with E-state index in [0.717, 1.165) is 24.8 Å². The third-order valence-corrected chi connectivity index (χ3v) is 4.97. The van der Waals surface area contributed by atoms with Gasteiger partial charge in [-0.25, -0.2) is 0 Å². The number of rotatable bonds is 6. The van der Waals surface area contributed by atoms with Crippen molar-refractivity contribution >= 4 is 11.9 Å². The fourth-order valence-electron chi connectivity index (χ4n) is 3.53. The second-order valence-electron chi connectivity index (χ2n) is 7.41. The van der Waals surface area contributed by atoms with Crippen molar-refractivity contribution in [2.24, 2.45) is 11.8 Å². The molecule has 0 spiro atoms. The normalized spacial score (nSPS) is 22.2. The Morgan fingerprint density at radius 3 is 2.33 bits per heavy atom. The largest absolute Gasteiger partial charge is 0.481 e. The third-order valence-electron chi connectivity index (χ3n) is 4.97. The fourth-order valence-corrected chi connectivity index (χ4v) is 3.53. The van der Waals surface area contributed by atoms with Gasteiger partial charge < -0.3 is 10.4 Å². The number of benzene rings is 1. The van der Waals surface area contributed by atoms with Crippen LogP contribution in [-0.2, 0) is 16.0 Å². The Morgan fingerprint density at radius 1 is 1.12 bits per heavy atom. The lowest BCUT2D eigenvalue weighted by atomic mass is 9.85. The first-order valence-corrected chi connectivity index (χ1v) is 8.99. The average molecular weight is 331 g/mol. The monoisotopic (exact) mass is 331 g/mol. The second-order valence-corrected chi connectivity index (χ2v) is 7.41. The average Bonchev–Trinajstić information content (AvgIpc) is 2.54. The highest BCUT2D eigenvalue weighted by Gasteiger charge is 2.28. The van der Waals surface area contributed by atoms with E-state index in [1.165, 1.54) is 5.56 Å². The molecule has 1 aliphatic rings. The zero-order valence-corrected chi connectivity index (χ0v) is 14.9. The second kappa shape index (κ2) is 8.32. The fraction of sp³-hybridized carbons (Fsp3) is 0.600. The van der Waals surface area contributed by atoms with Crippen molar-refractivity contribution in [2.75, 3.05) is 0 Å². The van der Waals surface area contributed by atoms with Crippen LogP contribution in [0.25, 0.3) is 0 Å². The summed E-state index contributed by atoms with van der Waals surface area (Å²) in [6, 6.07) is 8.27. The summed E-state index contributed by atoms with van der Waals surface area (Å²) >= 11 is 0. The zero-order valence-electron chi connectivity index (χ0n) is 14.9. The van der Waals surface area contributed by atoms with Crippen molar-refractivity contribution in [1.29, 1.82) is 0 Å². The van der Waals surface area contributed by atoms with Crippen LogP contribution in [0.15, 0.2) is 24.3 Å². The van der Waals surface area contributed by atoms with Crippen LogP contribution in [0.3, 0.4) is 0 Å². The molecular formula is C20H29NO3. The number of carboxylic acids is 1. The predicted molar refractivity (Wildman–Crippen MR) is 94.9 cm³/mol. The summed E-state index contributed by atoms with van der Waals surface area (Å²) in [5.41, 5.74) is 2.34. The van der Waals surface area contributed by atoms with Gasteiger partial charge in [-0.2, -0.15) is 0 Å². The van der Waals surface area contributed by atoms with Gasteiger partial charge in [0, 0.05) is 6.04 Å². The topological polar surface area (TPSA) is 66.4 Å². The highest BCUT2D eigenvalue weighted by Crippen LogP contribution is 2.26. The van der Waals surface area contributed by atoms with Crippen molar-refractivity contribution < 1.29 is 14.7 Å². The molecule has 4 nitrogen and oxygen atoms in total. The van der Waals surface area contributed by atoms with E-state index >= 15 is 0 Å². The molecular weight excluding hydrogens is 302 g/mol. The summed E-state index contributed by atoms with van der Waals surface area (Å²) in [6.45, 7) is 6.32. The van der Waals surface area contributed by atoms with E-state index in [9.17, 15) is 9.59 Å². The molecule has 1 atom stereocenters. The molecule has 1 fully saturated rings. The smallest absolute Gasteiger partial charge is 0.306 e. The van der Waals surface area contributed by atoms with Crippen molar-refractivity contribution in [1.82, 2.24) is 5.32 Å². The summed E-state index contributed by atoms with van der Waals surface area (Å²) in [7, 11) is 0. The lowest BCUT2D eigenvalue weighted by molar-refractivity contribution is -0.142. The van der Waals surface area contributed by atoms with Crippen molar-refractivity contribution in [3.63, 3.8) is 0 Å². The molecule has 0 aromatic heterocycles. The highest BCUT2D eigenvalue weighted by molar-refractivity contribution is 5.84. The number of aliphatic carboxylic acids is 1. The minimum Gasteiger partial charge on any atom is -0.481 e. The number of nitrogens with one attached hydrogen (secondary N) is 1. The predicted octanol–water partition coefficient (Wildman–Crippen LogP) is 3.75. The van der Waals surface area contributed by atoms with E-state index in [1.54, 1.807) is 0 Å². The molecule has 0 aliphatic heterocycles. The van der Waals surface area contributed by atoms with Gasteiger partial charge in [0.15, 0.2) is 0 Å². The van der Waals surface area contributed by atoms with Crippen LogP contribution in [0.5, 0.6) is 0 Å². The molecule has 1 saturated carbocycles. The van der Waals surface area contributed by atoms with E-state index in [0.29, 0.717) is 18.8 Å². The Labute approximate surface area is 144 Å². The van der Waals surface area contributed by atoms with Gasteiger partial charge in [-0.15, -0.1) is 0 Å². The van der Waals surface area contributed by atoms with Gasteiger partial charge in [0.05, 0.1) is 11.8 Å². The van der Waals surface area contributed by atoms with E-state index < -0.39 is 5.97 Å². The quantitative estimate of drug-likeness (QED) is 0.834. The van der Waals surface area contributed by atoms with Crippen LogP contribution in [0.1, 0.15) is 63.5 Å². The zero-order chi connectivity index (χ0) is 17.7. The van der Waals surface area contributed by atoms with Gasteiger partial charge in [0.1, 0.15) is 0 Å². The Kier molecular flexibility index (Phi) is 6.41. The molecule has 0 radical (unpaired) electrons. The molecule has 0 unspecified atom stereocenters. The van der Waals surface area contributed by atoms with E-state index in [1.807, 2.05) is 25.1 Å². The first kappa shape index (κ1) is 18.5.